The van der Waals surface area contributed by atoms with Gasteiger partial charge < -0.3 is 10.2 Å². The number of hydrogen-bond donors (Lipinski definition) is 1. The standard InChI is InChI=1S/C11H18N2OS/c1-8-7-13(3-4-15-8)11(14)9(2)10-5-12-6-10/h8,12H,3-7H2,1-2H3. The van der Waals surface area contributed by atoms with Crippen LogP contribution in [0.5, 0.6) is 0 Å². The van der Waals surface area contributed by atoms with Crippen LogP contribution in [-0.4, -0.2) is 48.0 Å². The average Bonchev–Trinajstić information content (AvgIpc) is 2.14. The Morgan fingerprint density at radius 3 is 2.80 bits per heavy atom. The summed E-state index contributed by atoms with van der Waals surface area (Å²) in [4.78, 5) is 14.1. The molecule has 1 N–H and O–H groups in total. The third-order valence-corrected chi connectivity index (χ3v) is 4.19. The predicted molar refractivity (Wildman–Crippen MR) is 64.1 cm³/mol. The van der Waals surface area contributed by atoms with Gasteiger partial charge in [0, 0.05) is 42.8 Å². The molecule has 0 aromatic carbocycles. The van der Waals surface area contributed by atoms with Crippen molar-refractivity contribution in [1.82, 2.24) is 10.2 Å². The van der Waals surface area contributed by atoms with Gasteiger partial charge in [-0.2, -0.15) is 11.8 Å². The van der Waals surface area contributed by atoms with Crippen molar-refractivity contribution in [2.45, 2.75) is 19.1 Å². The summed E-state index contributed by atoms with van der Waals surface area (Å²) in [5.41, 5.74) is 2.25. The second-order valence-electron chi connectivity index (χ2n) is 4.26. The van der Waals surface area contributed by atoms with Crippen molar-refractivity contribution in [3.05, 3.63) is 11.1 Å². The molecule has 3 nitrogen and oxygen atoms in total. The van der Waals surface area contributed by atoms with Gasteiger partial charge in [0.15, 0.2) is 0 Å². The van der Waals surface area contributed by atoms with Crippen LogP contribution in [0.15, 0.2) is 11.1 Å². The van der Waals surface area contributed by atoms with Gasteiger partial charge in [-0.1, -0.05) is 6.92 Å². The molecule has 0 aromatic rings. The lowest BCUT2D eigenvalue weighted by atomic mass is 10.0. The van der Waals surface area contributed by atoms with Crippen LogP contribution < -0.4 is 5.32 Å². The van der Waals surface area contributed by atoms with Gasteiger partial charge in [0.1, 0.15) is 0 Å². The van der Waals surface area contributed by atoms with Crippen LogP contribution >= 0.6 is 11.8 Å². The molecule has 0 saturated carbocycles. The fraction of sp³-hybridized carbons (Fsp3) is 0.727. The summed E-state index contributed by atoms with van der Waals surface area (Å²) < 4.78 is 0. The molecule has 0 bridgehead atoms. The molecule has 2 aliphatic heterocycles. The first kappa shape index (κ1) is 11.0. The Balaban J connectivity index is 2.00. The van der Waals surface area contributed by atoms with Crippen LogP contribution in [-0.2, 0) is 4.79 Å². The van der Waals surface area contributed by atoms with Crippen molar-refractivity contribution >= 4 is 17.7 Å². The number of amides is 1. The van der Waals surface area contributed by atoms with Gasteiger partial charge >= 0.3 is 0 Å². The topological polar surface area (TPSA) is 32.3 Å². The summed E-state index contributed by atoms with van der Waals surface area (Å²) >= 11 is 1.96. The maximum atomic E-state index is 12.1. The van der Waals surface area contributed by atoms with Crippen LogP contribution in [0.3, 0.4) is 0 Å². The van der Waals surface area contributed by atoms with E-state index in [0.29, 0.717) is 5.25 Å². The fourth-order valence-corrected chi connectivity index (χ4v) is 2.92. The van der Waals surface area contributed by atoms with Crippen molar-refractivity contribution in [2.24, 2.45) is 0 Å². The molecule has 84 valence electrons. The van der Waals surface area contributed by atoms with Crippen molar-refractivity contribution < 1.29 is 4.79 Å². The molecule has 0 radical (unpaired) electrons. The highest BCUT2D eigenvalue weighted by atomic mass is 32.2. The Morgan fingerprint density at radius 2 is 2.27 bits per heavy atom. The second-order valence-corrected chi connectivity index (χ2v) is 5.81. The van der Waals surface area contributed by atoms with Crippen molar-refractivity contribution in [1.29, 1.82) is 0 Å². The van der Waals surface area contributed by atoms with Crippen LogP contribution in [0.4, 0.5) is 0 Å². The molecule has 1 atom stereocenters. The molecule has 2 rings (SSSR count). The van der Waals surface area contributed by atoms with Crippen LogP contribution in [0, 0.1) is 0 Å². The molecule has 1 amide bonds. The van der Waals surface area contributed by atoms with E-state index in [1.165, 1.54) is 5.57 Å². The van der Waals surface area contributed by atoms with Gasteiger partial charge in [-0.25, -0.2) is 0 Å². The summed E-state index contributed by atoms with van der Waals surface area (Å²) in [7, 11) is 0. The van der Waals surface area contributed by atoms with E-state index in [0.717, 1.165) is 37.5 Å². The molecule has 1 unspecified atom stereocenters. The molecule has 2 fully saturated rings. The normalized spacial score (nSPS) is 26.1. The van der Waals surface area contributed by atoms with Gasteiger partial charge in [0.05, 0.1) is 0 Å². The molecule has 2 saturated heterocycles. The Labute approximate surface area is 95.3 Å². The quantitative estimate of drug-likeness (QED) is 0.673. The van der Waals surface area contributed by atoms with Gasteiger partial charge in [0.2, 0.25) is 5.91 Å². The van der Waals surface area contributed by atoms with E-state index in [4.69, 9.17) is 0 Å². The number of nitrogens with one attached hydrogen (secondary N) is 1. The molecule has 0 aliphatic carbocycles. The zero-order valence-electron chi connectivity index (χ0n) is 9.38. The Hall–Kier alpha value is -0.480. The predicted octanol–water partition coefficient (Wildman–Crippen LogP) is 0.870. The van der Waals surface area contributed by atoms with Gasteiger partial charge in [-0.3, -0.25) is 4.79 Å². The number of carbonyl (C=O) groups excluding carboxylic acids is 1. The first-order chi connectivity index (χ1) is 7.18. The molecule has 0 aromatic heterocycles. The number of carbonyl (C=O) groups is 1. The van der Waals surface area contributed by atoms with Gasteiger partial charge in [-0.05, 0) is 12.5 Å². The smallest absolute Gasteiger partial charge is 0.249 e. The minimum atomic E-state index is 0.249. The van der Waals surface area contributed by atoms with Crippen LogP contribution in [0.1, 0.15) is 13.8 Å². The Morgan fingerprint density at radius 1 is 1.53 bits per heavy atom. The van der Waals surface area contributed by atoms with E-state index < -0.39 is 0 Å². The zero-order chi connectivity index (χ0) is 10.8. The molecule has 2 heterocycles. The lowest BCUT2D eigenvalue weighted by molar-refractivity contribution is -0.127. The molecule has 0 spiro atoms. The monoisotopic (exact) mass is 226 g/mol. The summed E-state index contributed by atoms with van der Waals surface area (Å²) in [6.45, 7) is 7.77. The molecule has 4 heteroatoms. The number of thioether (sulfide) groups is 1. The van der Waals surface area contributed by atoms with Crippen molar-refractivity contribution in [2.75, 3.05) is 31.9 Å². The third-order valence-electron chi connectivity index (χ3n) is 3.06. The van der Waals surface area contributed by atoms with E-state index in [9.17, 15) is 4.79 Å². The molecular formula is C11H18N2OS. The van der Waals surface area contributed by atoms with Crippen molar-refractivity contribution in [3.63, 3.8) is 0 Å². The molecule has 2 aliphatic rings. The van der Waals surface area contributed by atoms with E-state index in [2.05, 4.69) is 12.2 Å². The van der Waals surface area contributed by atoms with Crippen LogP contribution in [0.2, 0.25) is 0 Å². The highest BCUT2D eigenvalue weighted by Crippen LogP contribution is 2.20. The maximum Gasteiger partial charge on any atom is 0.249 e. The lowest BCUT2D eigenvalue weighted by Crippen LogP contribution is -2.43. The summed E-state index contributed by atoms with van der Waals surface area (Å²) in [6, 6.07) is 0. The number of rotatable bonds is 1. The van der Waals surface area contributed by atoms with E-state index in [1.807, 2.05) is 23.6 Å². The SMILES string of the molecule is CC(C(=O)N1CCSC(C)C1)=C1CNC1. The maximum absolute atomic E-state index is 12.1. The van der Waals surface area contributed by atoms with Crippen molar-refractivity contribution in [3.8, 4) is 0 Å². The first-order valence-corrected chi connectivity index (χ1v) is 6.53. The summed E-state index contributed by atoms with van der Waals surface area (Å²) in [6.07, 6.45) is 0. The molecule has 15 heavy (non-hydrogen) atoms. The van der Waals surface area contributed by atoms with Gasteiger partial charge in [0.25, 0.3) is 0 Å². The highest BCUT2D eigenvalue weighted by Gasteiger charge is 2.24. The van der Waals surface area contributed by atoms with Crippen LogP contribution in [0.25, 0.3) is 0 Å². The highest BCUT2D eigenvalue weighted by molar-refractivity contribution is 7.99. The molecular weight excluding hydrogens is 208 g/mol. The minimum Gasteiger partial charge on any atom is -0.337 e. The third kappa shape index (κ3) is 2.37. The lowest BCUT2D eigenvalue weighted by Gasteiger charge is -2.32. The van der Waals surface area contributed by atoms with Gasteiger partial charge in [-0.15, -0.1) is 0 Å². The number of hydrogen-bond acceptors (Lipinski definition) is 3. The second kappa shape index (κ2) is 4.58. The first-order valence-electron chi connectivity index (χ1n) is 5.48. The fourth-order valence-electron chi connectivity index (χ4n) is 1.91. The van der Waals surface area contributed by atoms with E-state index in [1.54, 1.807) is 0 Å². The Bertz CT molecular complexity index is 295. The average molecular weight is 226 g/mol. The van der Waals surface area contributed by atoms with E-state index in [-0.39, 0.29) is 5.91 Å². The summed E-state index contributed by atoms with van der Waals surface area (Å²) in [5.74, 6) is 1.33. The Kier molecular flexibility index (Phi) is 3.36. The number of nitrogens with zero attached hydrogens (tertiary/aromatic N) is 1. The minimum absolute atomic E-state index is 0.249. The van der Waals surface area contributed by atoms with E-state index >= 15 is 0 Å². The largest absolute Gasteiger partial charge is 0.337 e. The zero-order valence-corrected chi connectivity index (χ0v) is 10.2. The summed E-state index contributed by atoms with van der Waals surface area (Å²) in [5, 5.41) is 3.76.